The summed E-state index contributed by atoms with van der Waals surface area (Å²) in [6, 6.07) is 14.1. The van der Waals surface area contributed by atoms with Gasteiger partial charge >= 0.3 is 6.36 Å². The number of benzene rings is 2. The molecule has 2 aromatic rings. The molecule has 2 nitrogen and oxygen atoms in total. The van der Waals surface area contributed by atoms with Gasteiger partial charge in [0.1, 0.15) is 12.0 Å². The van der Waals surface area contributed by atoms with Crippen LogP contribution in [0.5, 0.6) is 5.75 Å². The monoisotopic (exact) mass is 362 g/mol. The van der Waals surface area contributed by atoms with Crippen LogP contribution in [-0.2, 0) is 4.79 Å². The first-order valence-corrected chi connectivity index (χ1v) is 8.84. The highest BCUT2D eigenvalue weighted by Gasteiger charge is 2.31. The SMILES string of the molecule is O=CCC1CCC(c2ccc(-c3ccc(OC(F)(F)F)cc3)cc2)CC1. The van der Waals surface area contributed by atoms with E-state index in [1.54, 1.807) is 12.1 Å². The zero-order valence-electron chi connectivity index (χ0n) is 14.3. The molecule has 0 unspecified atom stereocenters. The lowest BCUT2D eigenvalue weighted by Crippen LogP contribution is -2.16. The molecular formula is C21H21F3O2. The van der Waals surface area contributed by atoms with Gasteiger partial charge in [-0.05, 0) is 66.3 Å². The average Bonchev–Trinajstić information content (AvgIpc) is 2.62. The third-order valence-electron chi connectivity index (χ3n) is 5.08. The highest BCUT2D eigenvalue weighted by molar-refractivity contribution is 5.64. The van der Waals surface area contributed by atoms with Crippen LogP contribution in [0.4, 0.5) is 13.2 Å². The molecule has 0 heterocycles. The van der Waals surface area contributed by atoms with Gasteiger partial charge in [-0.25, -0.2) is 0 Å². The maximum Gasteiger partial charge on any atom is 0.573 e. The Balaban J connectivity index is 1.63. The number of ether oxygens (including phenoxy) is 1. The number of rotatable bonds is 5. The van der Waals surface area contributed by atoms with Crippen LogP contribution in [-0.4, -0.2) is 12.6 Å². The summed E-state index contributed by atoms with van der Waals surface area (Å²) in [5, 5.41) is 0. The fourth-order valence-electron chi connectivity index (χ4n) is 3.66. The third kappa shape index (κ3) is 4.87. The van der Waals surface area contributed by atoms with Gasteiger partial charge in [-0.2, -0.15) is 0 Å². The van der Waals surface area contributed by atoms with Crippen molar-refractivity contribution in [2.45, 2.75) is 44.4 Å². The summed E-state index contributed by atoms with van der Waals surface area (Å²) in [4.78, 5) is 10.6. The number of alkyl halides is 3. The minimum Gasteiger partial charge on any atom is -0.406 e. The first-order chi connectivity index (χ1) is 12.4. The van der Waals surface area contributed by atoms with Gasteiger partial charge in [-0.3, -0.25) is 0 Å². The Morgan fingerprint density at radius 2 is 1.42 bits per heavy atom. The summed E-state index contributed by atoms with van der Waals surface area (Å²) in [5.74, 6) is 0.833. The van der Waals surface area contributed by atoms with E-state index in [9.17, 15) is 18.0 Å². The number of carbonyl (C=O) groups is 1. The summed E-state index contributed by atoms with van der Waals surface area (Å²) in [6.45, 7) is 0. The number of hydrogen-bond donors (Lipinski definition) is 0. The van der Waals surface area contributed by atoms with Gasteiger partial charge < -0.3 is 9.53 Å². The molecular weight excluding hydrogens is 341 g/mol. The minimum atomic E-state index is -4.67. The van der Waals surface area contributed by atoms with Crippen molar-refractivity contribution in [1.29, 1.82) is 0 Å². The minimum absolute atomic E-state index is 0.218. The van der Waals surface area contributed by atoms with E-state index in [4.69, 9.17) is 0 Å². The van der Waals surface area contributed by atoms with Gasteiger partial charge in [-0.1, -0.05) is 36.4 Å². The van der Waals surface area contributed by atoms with Gasteiger partial charge in [-0.15, -0.1) is 13.2 Å². The van der Waals surface area contributed by atoms with Crippen LogP contribution in [0.25, 0.3) is 11.1 Å². The lowest BCUT2D eigenvalue weighted by molar-refractivity contribution is -0.274. The van der Waals surface area contributed by atoms with Crippen molar-refractivity contribution in [2.75, 3.05) is 0 Å². The molecule has 5 heteroatoms. The van der Waals surface area contributed by atoms with E-state index in [0.29, 0.717) is 18.3 Å². The van der Waals surface area contributed by atoms with Gasteiger partial charge in [0.15, 0.2) is 0 Å². The average molecular weight is 362 g/mol. The second-order valence-corrected chi connectivity index (χ2v) is 6.81. The molecule has 1 aliphatic rings. The number of carbonyl (C=O) groups excluding carboxylic acids is 1. The molecule has 26 heavy (non-hydrogen) atoms. The Hall–Kier alpha value is -2.30. The van der Waals surface area contributed by atoms with Crippen molar-refractivity contribution in [2.24, 2.45) is 5.92 Å². The van der Waals surface area contributed by atoms with Crippen LogP contribution in [0.2, 0.25) is 0 Å². The normalized spacial score (nSPS) is 20.6. The van der Waals surface area contributed by atoms with E-state index in [-0.39, 0.29) is 5.75 Å². The molecule has 0 aliphatic heterocycles. The van der Waals surface area contributed by atoms with Crippen LogP contribution in [0, 0.1) is 5.92 Å². The Kier molecular flexibility index (Phi) is 5.64. The molecule has 1 aliphatic carbocycles. The molecule has 1 saturated carbocycles. The summed E-state index contributed by atoms with van der Waals surface area (Å²) >= 11 is 0. The van der Waals surface area contributed by atoms with Crippen molar-refractivity contribution in [3.05, 3.63) is 54.1 Å². The largest absolute Gasteiger partial charge is 0.573 e. The predicted molar refractivity (Wildman–Crippen MR) is 93.9 cm³/mol. The molecule has 0 aromatic heterocycles. The highest BCUT2D eigenvalue weighted by atomic mass is 19.4. The van der Waals surface area contributed by atoms with Crippen LogP contribution < -0.4 is 4.74 Å². The molecule has 0 bridgehead atoms. The molecule has 0 saturated heterocycles. The first kappa shape index (κ1) is 18.5. The molecule has 0 atom stereocenters. The van der Waals surface area contributed by atoms with E-state index in [0.717, 1.165) is 43.1 Å². The van der Waals surface area contributed by atoms with Crippen LogP contribution in [0.15, 0.2) is 48.5 Å². The fourth-order valence-corrected chi connectivity index (χ4v) is 3.66. The van der Waals surface area contributed by atoms with Crippen molar-refractivity contribution in [1.82, 2.24) is 0 Å². The molecule has 0 radical (unpaired) electrons. The predicted octanol–water partition coefficient (Wildman–Crippen LogP) is 6.12. The van der Waals surface area contributed by atoms with Crippen molar-refractivity contribution in [3.8, 4) is 16.9 Å². The summed E-state index contributed by atoms with van der Waals surface area (Å²) in [7, 11) is 0. The molecule has 2 aromatic carbocycles. The molecule has 1 fully saturated rings. The standard InChI is InChI=1S/C21H21F3O2/c22-21(23,24)26-20-11-9-19(10-12-20)18-7-5-17(6-8-18)16-3-1-15(2-4-16)13-14-25/h5-12,14-16H,1-4,13H2. The topological polar surface area (TPSA) is 26.3 Å². The lowest BCUT2D eigenvalue weighted by atomic mass is 9.77. The maximum absolute atomic E-state index is 12.2. The Bertz CT molecular complexity index is 712. The van der Waals surface area contributed by atoms with E-state index in [1.165, 1.54) is 17.7 Å². The van der Waals surface area contributed by atoms with Gasteiger partial charge in [0.25, 0.3) is 0 Å². The van der Waals surface area contributed by atoms with Crippen LogP contribution in [0.1, 0.15) is 43.6 Å². The molecule has 3 rings (SSSR count). The molecule has 138 valence electrons. The van der Waals surface area contributed by atoms with E-state index in [2.05, 4.69) is 16.9 Å². The smallest absolute Gasteiger partial charge is 0.406 e. The molecule has 0 N–H and O–H groups in total. The molecule has 0 spiro atoms. The third-order valence-corrected chi connectivity index (χ3v) is 5.08. The number of halogens is 3. The van der Waals surface area contributed by atoms with Crippen molar-refractivity contribution < 1.29 is 22.7 Å². The number of hydrogen-bond acceptors (Lipinski definition) is 2. The number of aldehydes is 1. The van der Waals surface area contributed by atoms with E-state index < -0.39 is 6.36 Å². The zero-order valence-corrected chi connectivity index (χ0v) is 14.3. The van der Waals surface area contributed by atoms with E-state index in [1.807, 2.05) is 12.1 Å². The van der Waals surface area contributed by atoms with Gasteiger partial charge in [0.2, 0.25) is 0 Å². The van der Waals surface area contributed by atoms with Crippen LogP contribution in [0.3, 0.4) is 0 Å². The summed E-state index contributed by atoms with van der Waals surface area (Å²) < 4.78 is 40.5. The van der Waals surface area contributed by atoms with Gasteiger partial charge in [0.05, 0.1) is 0 Å². The van der Waals surface area contributed by atoms with Crippen molar-refractivity contribution in [3.63, 3.8) is 0 Å². The quantitative estimate of drug-likeness (QED) is 0.599. The Labute approximate surface area is 151 Å². The summed E-state index contributed by atoms with van der Waals surface area (Å²) in [5.41, 5.74) is 3.10. The van der Waals surface area contributed by atoms with E-state index >= 15 is 0 Å². The van der Waals surface area contributed by atoms with Crippen LogP contribution >= 0.6 is 0 Å². The van der Waals surface area contributed by atoms with Crippen molar-refractivity contribution >= 4 is 6.29 Å². The Morgan fingerprint density at radius 3 is 1.92 bits per heavy atom. The fraction of sp³-hybridized carbons (Fsp3) is 0.381. The first-order valence-electron chi connectivity index (χ1n) is 8.84. The zero-order chi connectivity index (χ0) is 18.6. The maximum atomic E-state index is 12.2. The Morgan fingerprint density at radius 1 is 0.885 bits per heavy atom. The lowest BCUT2D eigenvalue weighted by Gasteiger charge is -2.27. The summed E-state index contributed by atoms with van der Waals surface area (Å²) in [6.07, 6.45) is 1.39. The highest BCUT2D eigenvalue weighted by Crippen LogP contribution is 2.37. The molecule has 0 amide bonds. The second-order valence-electron chi connectivity index (χ2n) is 6.81. The second kappa shape index (κ2) is 7.94. The van der Waals surface area contributed by atoms with Gasteiger partial charge in [0, 0.05) is 6.42 Å².